The summed E-state index contributed by atoms with van der Waals surface area (Å²) in [5, 5.41) is 14.9. The van der Waals surface area contributed by atoms with E-state index in [1.807, 2.05) is 12.1 Å². The van der Waals surface area contributed by atoms with Crippen molar-refractivity contribution in [1.82, 2.24) is 24.8 Å². The lowest BCUT2D eigenvalue weighted by molar-refractivity contribution is 0.0209. The number of β-amino-alcohol motifs (C(OH)–C–C–N with tert-alkyl or cyclic N) is 1. The van der Waals surface area contributed by atoms with Gasteiger partial charge in [-0.25, -0.2) is 9.97 Å². The molecular formula is C31H40ClN7O5. The zero-order valence-corrected chi connectivity index (χ0v) is 25.8. The lowest BCUT2D eigenvalue weighted by atomic mass is 9.98. The fourth-order valence-corrected chi connectivity index (χ4v) is 6.11. The van der Waals surface area contributed by atoms with Crippen molar-refractivity contribution in [2.45, 2.75) is 51.5 Å². The van der Waals surface area contributed by atoms with Crippen LogP contribution < -0.4 is 15.0 Å². The summed E-state index contributed by atoms with van der Waals surface area (Å²) in [6.07, 6.45) is 3.64. The molecule has 1 aromatic carbocycles. The van der Waals surface area contributed by atoms with Gasteiger partial charge in [0.25, 0.3) is 0 Å². The quantitative estimate of drug-likeness (QED) is 0.271. The molecule has 0 radical (unpaired) electrons. The van der Waals surface area contributed by atoms with Crippen LogP contribution in [-0.2, 0) is 24.3 Å². The third-order valence-electron chi connectivity index (χ3n) is 8.50. The number of carbonyl (C=O) groups is 1. The van der Waals surface area contributed by atoms with E-state index in [0.29, 0.717) is 66.7 Å². The number of nitrogens with one attached hydrogen (secondary N) is 1. The maximum Gasteiger partial charge on any atom is 0.228 e. The van der Waals surface area contributed by atoms with E-state index in [1.54, 1.807) is 12.3 Å². The van der Waals surface area contributed by atoms with E-state index in [4.69, 9.17) is 30.5 Å². The average Bonchev–Trinajstić information content (AvgIpc) is 3.55. The van der Waals surface area contributed by atoms with Gasteiger partial charge in [0.05, 0.1) is 36.6 Å². The molecule has 6 rings (SSSR count). The minimum absolute atomic E-state index is 0.0959. The Bertz CT molecular complexity index is 1410. The van der Waals surface area contributed by atoms with Crippen molar-refractivity contribution in [2.75, 3.05) is 69.2 Å². The molecule has 0 amide bonds. The van der Waals surface area contributed by atoms with Crippen LogP contribution in [0.3, 0.4) is 0 Å². The highest BCUT2D eigenvalue weighted by atomic mass is 35.5. The second-order valence-corrected chi connectivity index (χ2v) is 12.0. The van der Waals surface area contributed by atoms with Gasteiger partial charge < -0.3 is 34.1 Å². The molecule has 3 aromatic rings. The summed E-state index contributed by atoms with van der Waals surface area (Å²) in [6.45, 7) is 10.1. The third-order valence-corrected chi connectivity index (χ3v) is 8.91. The first-order valence-corrected chi connectivity index (χ1v) is 15.8. The van der Waals surface area contributed by atoms with E-state index < -0.39 is 6.10 Å². The molecule has 2 aromatic heterocycles. The number of ketones is 1. The third kappa shape index (κ3) is 7.49. The predicted octanol–water partition coefficient (Wildman–Crippen LogP) is 3.03. The maximum absolute atomic E-state index is 13.3. The van der Waals surface area contributed by atoms with E-state index >= 15 is 0 Å². The SMILES string of the molecule is CCN1CCN(c2nc(NC3COC3)cc(C(=O)CC[C@H](O)CN3CCc4c(ccc(OCc5cnco5)c4Cl)C3)n2)CC1. The molecule has 0 bridgehead atoms. The first kappa shape index (κ1) is 30.7. The van der Waals surface area contributed by atoms with Gasteiger partial charge in [-0.15, -0.1) is 0 Å². The van der Waals surface area contributed by atoms with Gasteiger partial charge in [-0.2, -0.15) is 4.98 Å². The number of fused-ring (bicyclic) bond motifs is 1. The van der Waals surface area contributed by atoms with Crippen LogP contribution in [0, 0.1) is 0 Å². The Hall–Kier alpha value is -3.29. The van der Waals surface area contributed by atoms with Crippen molar-refractivity contribution in [2.24, 2.45) is 0 Å². The highest BCUT2D eigenvalue weighted by molar-refractivity contribution is 6.33. The van der Waals surface area contributed by atoms with Crippen LogP contribution >= 0.6 is 11.6 Å². The van der Waals surface area contributed by atoms with Crippen molar-refractivity contribution in [3.63, 3.8) is 0 Å². The highest BCUT2D eigenvalue weighted by Crippen LogP contribution is 2.34. The lowest BCUT2D eigenvalue weighted by Crippen LogP contribution is -2.47. The van der Waals surface area contributed by atoms with Gasteiger partial charge in [0.1, 0.15) is 23.9 Å². The van der Waals surface area contributed by atoms with Crippen molar-refractivity contribution in [3.8, 4) is 5.75 Å². The fourth-order valence-electron chi connectivity index (χ4n) is 5.78. The molecule has 3 aliphatic heterocycles. The molecule has 12 nitrogen and oxygen atoms in total. The van der Waals surface area contributed by atoms with Crippen LogP contribution in [-0.4, -0.2) is 107 Å². The Morgan fingerprint density at radius 1 is 1.18 bits per heavy atom. The Labute approximate surface area is 262 Å². The highest BCUT2D eigenvalue weighted by Gasteiger charge is 2.25. The summed E-state index contributed by atoms with van der Waals surface area (Å²) in [5.41, 5.74) is 2.56. The van der Waals surface area contributed by atoms with E-state index in [1.165, 1.54) is 6.39 Å². The summed E-state index contributed by atoms with van der Waals surface area (Å²) in [6, 6.07) is 5.81. The number of aliphatic hydroxyl groups is 1. The van der Waals surface area contributed by atoms with Gasteiger partial charge in [-0.3, -0.25) is 9.69 Å². The van der Waals surface area contributed by atoms with Gasteiger partial charge in [-0.1, -0.05) is 24.6 Å². The number of hydrogen-bond acceptors (Lipinski definition) is 12. The normalized spacial score (nSPS) is 18.5. The zero-order valence-electron chi connectivity index (χ0n) is 25.1. The lowest BCUT2D eigenvalue weighted by Gasteiger charge is -2.34. The number of oxazole rings is 1. The second-order valence-electron chi connectivity index (χ2n) is 11.6. The van der Waals surface area contributed by atoms with Crippen molar-refractivity contribution in [3.05, 3.63) is 58.4 Å². The molecule has 2 N–H and O–H groups in total. The van der Waals surface area contributed by atoms with Crippen molar-refractivity contribution in [1.29, 1.82) is 0 Å². The van der Waals surface area contributed by atoms with Gasteiger partial charge in [0.2, 0.25) is 5.95 Å². The molecule has 3 aliphatic rings. The molecule has 44 heavy (non-hydrogen) atoms. The molecule has 0 aliphatic carbocycles. The largest absolute Gasteiger partial charge is 0.484 e. The van der Waals surface area contributed by atoms with Gasteiger partial charge in [-0.05, 0) is 36.6 Å². The number of halogens is 1. The van der Waals surface area contributed by atoms with E-state index in [2.05, 4.69) is 36.9 Å². The van der Waals surface area contributed by atoms with Crippen LogP contribution in [0.5, 0.6) is 5.75 Å². The number of rotatable bonds is 13. The van der Waals surface area contributed by atoms with Crippen LogP contribution in [0.25, 0.3) is 0 Å². The summed E-state index contributed by atoms with van der Waals surface area (Å²) in [5.74, 6) is 2.36. The second kappa shape index (κ2) is 14.2. The number of benzene rings is 1. The van der Waals surface area contributed by atoms with Crippen LogP contribution in [0.1, 0.15) is 47.1 Å². The topological polar surface area (TPSA) is 129 Å². The summed E-state index contributed by atoms with van der Waals surface area (Å²) in [7, 11) is 0. The number of likely N-dealkylation sites (N-methyl/N-ethyl adjacent to an activating group) is 1. The number of hydrogen-bond donors (Lipinski definition) is 2. The predicted molar refractivity (Wildman–Crippen MR) is 165 cm³/mol. The number of ether oxygens (including phenoxy) is 2. The molecule has 5 heterocycles. The van der Waals surface area contributed by atoms with E-state index in [-0.39, 0.29) is 24.9 Å². The summed E-state index contributed by atoms with van der Waals surface area (Å²) in [4.78, 5) is 33.4. The molecule has 236 valence electrons. The summed E-state index contributed by atoms with van der Waals surface area (Å²) < 4.78 is 16.4. The number of carbonyl (C=O) groups excluding carboxylic acids is 1. The molecular weight excluding hydrogens is 586 g/mol. The number of nitrogens with zero attached hydrogens (tertiary/aromatic N) is 6. The minimum Gasteiger partial charge on any atom is -0.484 e. The van der Waals surface area contributed by atoms with Crippen molar-refractivity contribution >= 4 is 29.2 Å². The maximum atomic E-state index is 13.3. The number of Topliss-reactive ketones (excluding diaryl/α,β-unsaturated/α-hetero) is 1. The number of piperazine rings is 1. The van der Waals surface area contributed by atoms with Gasteiger partial charge >= 0.3 is 0 Å². The van der Waals surface area contributed by atoms with E-state index in [0.717, 1.165) is 56.8 Å². The molecule has 2 fully saturated rings. The molecule has 0 saturated carbocycles. The molecule has 0 unspecified atom stereocenters. The van der Waals surface area contributed by atoms with Crippen LogP contribution in [0.15, 0.2) is 35.2 Å². The standard InChI is InChI=1S/C31H40ClN7O5/c1-2-37-9-11-39(12-10-37)31-35-26(13-29(36-31)34-22-17-42-18-22)27(41)5-4-23(40)16-38-8-7-25-21(15-38)3-6-28(30(25)32)43-19-24-14-33-20-44-24/h3,6,13-14,20,22-23,40H,2,4-5,7-12,15-19H2,1H3,(H,34,35,36)/t23-/m0/s1. The molecule has 1 atom stereocenters. The van der Waals surface area contributed by atoms with Gasteiger partial charge in [0, 0.05) is 58.3 Å². The van der Waals surface area contributed by atoms with Crippen LogP contribution in [0.4, 0.5) is 11.8 Å². The number of aliphatic hydroxyl groups excluding tert-OH is 1. The number of anilines is 2. The molecule has 13 heteroatoms. The average molecular weight is 626 g/mol. The van der Waals surface area contributed by atoms with Crippen LogP contribution in [0.2, 0.25) is 5.02 Å². The Morgan fingerprint density at radius 3 is 2.75 bits per heavy atom. The monoisotopic (exact) mass is 625 g/mol. The number of aromatic nitrogens is 3. The zero-order chi connectivity index (χ0) is 30.5. The van der Waals surface area contributed by atoms with E-state index in [9.17, 15) is 9.90 Å². The van der Waals surface area contributed by atoms with Crippen molar-refractivity contribution < 1.29 is 23.8 Å². The fraction of sp³-hybridized carbons (Fsp3) is 0.548. The first-order chi connectivity index (χ1) is 21.4. The molecule has 2 saturated heterocycles. The Morgan fingerprint density at radius 2 is 2.02 bits per heavy atom. The molecule has 0 spiro atoms. The Kier molecular flexibility index (Phi) is 9.92. The minimum atomic E-state index is -0.645. The Balaban J connectivity index is 1.03. The summed E-state index contributed by atoms with van der Waals surface area (Å²) >= 11 is 6.68. The smallest absolute Gasteiger partial charge is 0.228 e. The first-order valence-electron chi connectivity index (χ1n) is 15.4. The van der Waals surface area contributed by atoms with Gasteiger partial charge in [0.15, 0.2) is 17.9 Å².